The molecule has 1 aromatic carbocycles. The summed E-state index contributed by atoms with van der Waals surface area (Å²) in [5, 5.41) is 2.55. The van der Waals surface area contributed by atoms with Crippen molar-refractivity contribution in [2.24, 2.45) is 0 Å². The molecular weight excluding hydrogens is 331 g/mol. The molecule has 0 saturated heterocycles. The molecule has 0 bridgehead atoms. The minimum absolute atomic E-state index is 0.116. The van der Waals surface area contributed by atoms with Crippen LogP contribution < -0.4 is 14.8 Å². The lowest BCUT2D eigenvalue weighted by molar-refractivity contribution is -0.0327. The first-order chi connectivity index (χ1) is 9.78. The molecule has 118 valence electrons. The summed E-state index contributed by atoms with van der Waals surface area (Å²) >= 11 is 5.74. The van der Waals surface area contributed by atoms with E-state index in [-0.39, 0.29) is 46.1 Å². The first-order valence-corrected chi connectivity index (χ1v) is 7.05. The highest BCUT2D eigenvalue weighted by Gasteiger charge is 2.27. The Morgan fingerprint density at radius 3 is 2.52 bits per heavy atom. The van der Waals surface area contributed by atoms with E-state index in [0.29, 0.717) is 0 Å². The summed E-state index contributed by atoms with van der Waals surface area (Å²) in [5.41, 5.74) is -4.13. The van der Waals surface area contributed by atoms with Gasteiger partial charge in [-0.05, 0) is 23.9 Å². The van der Waals surface area contributed by atoms with Gasteiger partial charge in [-0.1, -0.05) is 11.6 Å². The van der Waals surface area contributed by atoms with Gasteiger partial charge in [0, 0.05) is 17.9 Å². The smallest absolute Gasteiger partial charge is 0.441 e. The van der Waals surface area contributed by atoms with Crippen LogP contribution in [-0.2, 0) is 0 Å². The van der Waals surface area contributed by atoms with Gasteiger partial charge in [-0.15, -0.1) is 0 Å². The highest BCUT2D eigenvalue weighted by Crippen LogP contribution is 2.36. The van der Waals surface area contributed by atoms with Crippen LogP contribution in [0.5, 0.6) is 11.5 Å². The molecule has 1 amide bonds. The van der Waals surface area contributed by atoms with E-state index in [1.807, 2.05) is 0 Å². The molecular formula is C12H13ClF3NO3S. The molecule has 0 aromatic heterocycles. The monoisotopic (exact) mass is 343 g/mol. The standard InChI is InChI=1S/C12H13ClF3NO3S/c1-19-9-6-7(5-8(13)10(9)20-2)11(18)17-3-4-21-12(14,15)16/h5-6H,3-4H2,1-2H3,(H,17,18). The minimum atomic E-state index is -4.31. The van der Waals surface area contributed by atoms with Gasteiger partial charge in [-0.3, -0.25) is 4.79 Å². The number of amides is 1. The van der Waals surface area contributed by atoms with E-state index in [9.17, 15) is 18.0 Å². The molecule has 21 heavy (non-hydrogen) atoms. The van der Waals surface area contributed by atoms with Crippen LogP contribution in [0.3, 0.4) is 0 Å². The number of nitrogens with one attached hydrogen (secondary N) is 1. The van der Waals surface area contributed by atoms with E-state index in [1.54, 1.807) is 0 Å². The van der Waals surface area contributed by atoms with Gasteiger partial charge < -0.3 is 14.8 Å². The molecule has 0 aliphatic rings. The normalized spacial score (nSPS) is 11.1. The van der Waals surface area contributed by atoms with Crippen molar-refractivity contribution in [3.05, 3.63) is 22.7 Å². The fraction of sp³-hybridized carbons (Fsp3) is 0.417. The number of thioether (sulfide) groups is 1. The van der Waals surface area contributed by atoms with Crippen molar-refractivity contribution in [3.8, 4) is 11.5 Å². The topological polar surface area (TPSA) is 47.6 Å². The predicted molar refractivity (Wildman–Crippen MR) is 75.4 cm³/mol. The van der Waals surface area contributed by atoms with Gasteiger partial charge in [-0.2, -0.15) is 13.2 Å². The maximum atomic E-state index is 11.9. The molecule has 1 rings (SSSR count). The molecule has 9 heteroatoms. The van der Waals surface area contributed by atoms with Crippen LogP contribution in [0.2, 0.25) is 5.02 Å². The Morgan fingerprint density at radius 2 is 2.00 bits per heavy atom. The van der Waals surface area contributed by atoms with Crippen LogP contribution in [0.4, 0.5) is 13.2 Å². The Balaban J connectivity index is 2.68. The van der Waals surface area contributed by atoms with Crippen LogP contribution in [0.1, 0.15) is 10.4 Å². The molecule has 0 unspecified atom stereocenters. The predicted octanol–water partition coefficient (Wildman–Crippen LogP) is 3.34. The molecule has 0 aliphatic heterocycles. The van der Waals surface area contributed by atoms with Crippen molar-refractivity contribution < 1.29 is 27.4 Å². The number of methoxy groups -OCH3 is 2. The fourth-order valence-corrected chi connectivity index (χ4v) is 2.21. The van der Waals surface area contributed by atoms with E-state index in [4.69, 9.17) is 21.1 Å². The van der Waals surface area contributed by atoms with Gasteiger partial charge in [0.1, 0.15) is 0 Å². The molecule has 0 radical (unpaired) electrons. The van der Waals surface area contributed by atoms with Gasteiger partial charge in [0.05, 0.1) is 19.2 Å². The number of benzene rings is 1. The lowest BCUT2D eigenvalue weighted by atomic mass is 10.2. The van der Waals surface area contributed by atoms with Crippen molar-refractivity contribution in [3.63, 3.8) is 0 Å². The summed E-state index contributed by atoms with van der Waals surface area (Å²) in [6, 6.07) is 2.76. The van der Waals surface area contributed by atoms with Gasteiger partial charge in [0.25, 0.3) is 5.91 Å². The zero-order valence-electron chi connectivity index (χ0n) is 11.2. The number of hydrogen-bond acceptors (Lipinski definition) is 4. The van der Waals surface area contributed by atoms with Gasteiger partial charge in [-0.25, -0.2) is 0 Å². The minimum Gasteiger partial charge on any atom is -0.493 e. The van der Waals surface area contributed by atoms with Crippen LogP contribution in [0, 0.1) is 0 Å². The van der Waals surface area contributed by atoms with Crippen LogP contribution in [0.15, 0.2) is 12.1 Å². The average molecular weight is 344 g/mol. The van der Waals surface area contributed by atoms with Crippen LogP contribution >= 0.6 is 23.4 Å². The number of hydrogen-bond donors (Lipinski definition) is 1. The first-order valence-electron chi connectivity index (χ1n) is 5.69. The molecule has 0 saturated carbocycles. The number of alkyl halides is 3. The van der Waals surface area contributed by atoms with Crippen molar-refractivity contribution >= 4 is 29.3 Å². The van der Waals surface area contributed by atoms with Crippen molar-refractivity contribution in [2.75, 3.05) is 26.5 Å². The second kappa shape index (κ2) is 7.65. The number of ether oxygens (including phenoxy) is 2. The first kappa shape index (κ1) is 17.8. The Labute approximate surface area is 128 Å². The van der Waals surface area contributed by atoms with E-state index in [0.717, 1.165) is 0 Å². The summed E-state index contributed by atoms with van der Waals surface area (Å²) in [4.78, 5) is 11.8. The Kier molecular flexibility index (Phi) is 6.47. The molecule has 0 spiro atoms. The van der Waals surface area contributed by atoms with E-state index >= 15 is 0 Å². The third kappa shape index (κ3) is 5.55. The fourth-order valence-electron chi connectivity index (χ4n) is 1.48. The van der Waals surface area contributed by atoms with Crippen molar-refractivity contribution in [2.45, 2.75) is 5.51 Å². The van der Waals surface area contributed by atoms with E-state index < -0.39 is 11.4 Å². The average Bonchev–Trinajstić information content (AvgIpc) is 2.41. The SMILES string of the molecule is COc1cc(C(=O)NCCSC(F)(F)F)cc(Cl)c1OC. The summed E-state index contributed by atoms with van der Waals surface area (Å²) < 4.78 is 45.9. The molecule has 1 N–H and O–H groups in total. The maximum Gasteiger partial charge on any atom is 0.441 e. The Morgan fingerprint density at radius 1 is 1.33 bits per heavy atom. The van der Waals surface area contributed by atoms with Gasteiger partial charge in [0.2, 0.25) is 0 Å². The summed E-state index contributed by atoms with van der Waals surface area (Å²) in [5.74, 6) is -0.264. The summed E-state index contributed by atoms with van der Waals surface area (Å²) in [7, 11) is 2.79. The van der Waals surface area contributed by atoms with E-state index in [2.05, 4.69) is 5.32 Å². The maximum absolute atomic E-state index is 11.9. The van der Waals surface area contributed by atoms with Gasteiger partial charge >= 0.3 is 5.51 Å². The molecule has 4 nitrogen and oxygen atoms in total. The molecule has 0 aliphatic carbocycles. The quantitative estimate of drug-likeness (QED) is 0.805. The largest absolute Gasteiger partial charge is 0.493 e. The molecule has 0 heterocycles. The summed E-state index contributed by atoms with van der Waals surface area (Å²) in [6.45, 7) is -0.116. The second-order valence-electron chi connectivity index (χ2n) is 3.74. The number of carbonyl (C=O) groups is 1. The highest BCUT2D eigenvalue weighted by molar-refractivity contribution is 8.00. The third-order valence-electron chi connectivity index (χ3n) is 2.35. The van der Waals surface area contributed by atoms with Crippen LogP contribution in [-0.4, -0.2) is 37.9 Å². The van der Waals surface area contributed by atoms with Crippen molar-refractivity contribution in [1.82, 2.24) is 5.32 Å². The number of carbonyl (C=O) groups excluding carboxylic acids is 1. The second-order valence-corrected chi connectivity index (χ2v) is 5.31. The molecule has 0 fully saturated rings. The molecule has 0 atom stereocenters. The zero-order chi connectivity index (χ0) is 16.0. The third-order valence-corrected chi connectivity index (χ3v) is 3.37. The Bertz CT molecular complexity index is 511. The lowest BCUT2D eigenvalue weighted by Gasteiger charge is -2.12. The van der Waals surface area contributed by atoms with Crippen LogP contribution in [0.25, 0.3) is 0 Å². The highest BCUT2D eigenvalue weighted by atomic mass is 35.5. The zero-order valence-corrected chi connectivity index (χ0v) is 12.8. The summed E-state index contributed by atoms with van der Waals surface area (Å²) in [6.07, 6.45) is 0. The lowest BCUT2D eigenvalue weighted by Crippen LogP contribution is -2.26. The van der Waals surface area contributed by atoms with Gasteiger partial charge in [0.15, 0.2) is 11.5 Å². The van der Waals surface area contributed by atoms with E-state index in [1.165, 1.54) is 26.4 Å². The number of halogens is 4. The number of rotatable bonds is 6. The van der Waals surface area contributed by atoms with Crippen molar-refractivity contribution in [1.29, 1.82) is 0 Å². The Hall–Kier alpha value is -1.28. The molecule has 1 aromatic rings.